The summed E-state index contributed by atoms with van der Waals surface area (Å²) in [5.41, 5.74) is 0.180. The molecule has 6 heteroatoms. The molecule has 1 aromatic rings. The number of rotatable bonds is 3. The summed E-state index contributed by atoms with van der Waals surface area (Å²) in [5.74, 6) is 1.36. The molecule has 0 aliphatic carbocycles. The topological polar surface area (TPSA) is 45.2 Å². The van der Waals surface area contributed by atoms with Gasteiger partial charge in [-0.1, -0.05) is 20.8 Å². The molecule has 2 heterocycles. The van der Waals surface area contributed by atoms with E-state index in [1.807, 2.05) is 11.9 Å². The Hall–Kier alpha value is -1.10. The van der Waals surface area contributed by atoms with Crippen molar-refractivity contribution >= 4 is 23.5 Å². The van der Waals surface area contributed by atoms with Gasteiger partial charge in [-0.05, 0) is 36.3 Å². The van der Waals surface area contributed by atoms with E-state index in [1.165, 1.54) is 19.3 Å². The molecule has 112 valence electrons. The normalized spacial score (nSPS) is 16.4. The Morgan fingerprint density at radius 1 is 1.10 bits per heavy atom. The molecule has 1 aliphatic rings. The molecule has 0 spiro atoms. The lowest BCUT2D eigenvalue weighted by Crippen LogP contribution is -2.33. The van der Waals surface area contributed by atoms with E-state index in [9.17, 15) is 0 Å². The van der Waals surface area contributed by atoms with Crippen LogP contribution in [0, 0.1) is 5.41 Å². The average Bonchev–Trinajstić information content (AvgIpc) is 2.37. The van der Waals surface area contributed by atoms with Crippen LogP contribution in [0.2, 0.25) is 5.28 Å². The molecule has 0 N–H and O–H groups in total. The fourth-order valence-corrected chi connectivity index (χ4v) is 2.67. The number of nitrogens with zero attached hydrogens (tertiary/aromatic N) is 5. The van der Waals surface area contributed by atoms with Gasteiger partial charge >= 0.3 is 0 Å². The van der Waals surface area contributed by atoms with Crippen molar-refractivity contribution in [3.63, 3.8) is 0 Å². The lowest BCUT2D eigenvalue weighted by Gasteiger charge is -2.29. The summed E-state index contributed by atoms with van der Waals surface area (Å²) in [7, 11) is 2.00. The Bertz CT molecular complexity index is 451. The van der Waals surface area contributed by atoms with Crippen LogP contribution in [0.5, 0.6) is 0 Å². The highest BCUT2D eigenvalue weighted by molar-refractivity contribution is 6.28. The van der Waals surface area contributed by atoms with E-state index in [0.717, 1.165) is 19.6 Å². The van der Waals surface area contributed by atoms with Crippen LogP contribution in [-0.4, -0.2) is 41.6 Å². The molecule has 0 radical (unpaired) electrons. The summed E-state index contributed by atoms with van der Waals surface area (Å²) >= 11 is 6.07. The minimum atomic E-state index is 0.180. The molecule has 0 unspecified atom stereocenters. The summed E-state index contributed by atoms with van der Waals surface area (Å²) in [6.07, 6.45) is 3.67. The van der Waals surface area contributed by atoms with Crippen molar-refractivity contribution in [2.75, 3.05) is 36.5 Å². The molecule has 20 heavy (non-hydrogen) atoms. The van der Waals surface area contributed by atoms with E-state index < -0.39 is 0 Å². The lowest BCUT2D eigenvalue weighted by atomic mass is 9.96. The standard InChI is InChI=1S/C14H24ClN5/c1-14(2,3)10-19(4)12-16-11(15)17-13(18-12)20-8-6-5-7-9-20/h5-10H2,1-4H3. The predicted molar refractivity (Wildman–Crippen MR) is 83.6 cm³/mol. The Balaban J connectivity index is 2.19. The molecule has 5 nitrogen and oxygen atoms in total. The van der Waals surface area contributed by atoms with Gasteiger partial charge in [0.2, 0.25) is 17.2 Å². The van der Waals surface area contributed by atoms with E-state index in [-0.39, 0.29) is 10.7 Å². The van der Waals surface area contributed by atoms with E-state index in [0.29, 0.717) is 11.9 Å². The van der Waals surface area contributed by atoms with Crippen molar-refractivity contribution in [3.8, 4) is 0 Å². The second-order valence-corrected chi connectivity index (χ2v) is 7.01. The van der Waals surface area contributed by atoms with Crippen molar-refractivity contribution in [3.05, 3.63) is 5.28 Å². The fraction of sp³-hybridized carbons (Fsp3) is 0.786. The Morgan fingerprint density at radius 3 is 2.35 bits per heavy atom. The van der Waals surface area contributed by atoms with Gasteiger partial charge in [-0.3, -0.25) is 0 Å². The summed E-state index contributed by atoms with van der Waals surface area (Å²) in [6.45, 7) is 9.45. The fourth-order valence-electron chi connectivity index (χ4n) is 2.52. The number of hydrogen-bond donors (Lipinski definition) is 0. The molecule has 0 amide bonds. The molecule has 0 aromatic carbocycles. The largest absolute Gasteiger partial charge is 0.343 e. The van der Waals surface area contributed by atoms with E-state index in [1.54, 1.807) is 0 Å². The average molecular weight is 298 g/mol. The van der Waals surface area contributed by atoms with Crippen molar-refractivity contribution < 1.29 is 0 Å². The van der Waals surface area contributed by atoms with Crippen LogP contribution in [0.25, 0.3) is 0 Å². The third-order valence-corrected chi connectivity index (χ3v) is 3.45. The molecule has 0 saturated carbocycles. The van der Waals surface area contributed by atoms with Gasteiger partial charge in [0.1, 0.15) is 0 Å². The molecule has 1 fully saturated rings. The quantitative estimate of drug-likeness (QED) is 0.858. The third-order valence-electron chi connectivity index (χ3n) is 3.28. The van der Waals surface area contributed by atoms with Crippen LogP contribution >= 0.6 is 11.6 Å². The van der Waals surface area contributed by atoms with Crippen molar-refractivity contribution in [1.82, 2.24) is 15.0 Å². The molecular formula is C14H24ClN5. The Morgan fingerprint density at radius 2 is 1.75 bits per heavy atom. The molecule has 1 saturated heterocycles. The van der Waals surface area contributed by atoms with Crippen molar-refractivity contribution in [2.24, 2.45) is 5.41 Å². The van der Waals surface area contributed by atoms with E-state index >= 15 is 0 Å². The monoisotopic (exact) mass is 297 g/mol. The van der Waals surface area contributed by atoms with E-state index in [2.05, 4.69) is 40.6 Å². The van der Waals surface area contributed by atoms with E-state index in [4.69, 9.17) is 11.6 Å². The van der Waals surface area contributed by atoms with Gasteiger partial charge in [0.15, 0.2) is 0 Å². The molecule has 0 bridgehead atoms. The first-order chi connectivity index (χ1) is 9.35. The Kier molecular flexibility index (Phi) is 4.68. The number of piperidine rings is 1. The highest BCUT2D eigenvalue weighted by Crippen LogP contribution is 2.22. The molecule has 1 aromatic heterocycles. The maximum absolute atomic E-state index is 6.07. The predicted octanol–water partition coefficient (Wildman–Crippen LogP) is 3.00. The van der Waals surface area contributed by atoms with Gasteiger partial charge in [0.05, 0.1) is 0 Å². The molecule has 0 atom stereocenters. The SMILES string of the molecule is CN(CC(C)(C)C)c1nc(Cl)nc(N2CCCCC2)n1. The first-order valence-electron chi connectivity index (χ1n) is 7.23. The van der Waals surface area contributed by atoms with Crippen LogP contribution in [0.4, 0.5) is 11.9 Å². The first-order valence-corrected chi connectivity index (χ1v) is 7.61. The second-order valence-electron chi connectivity index (χ2n) is 6.67. The van der Waals surface area contributed by atoms with Crippen LogP contribution in [0.1, 0.15) is 40.0 Å². The zero-order chi connectivity index (χ0) is 14.8. The van der Waals surface area contributed by atoms with Gasteiger partial charge in [-0.15, -0.1) is 0 Å². The minimum absolute atomic E-state index is 0.180. The number of hydrogen-bond acceptors (Lipinski definition) is 5. The second kappa shape index (κ2) is 6.12. The zero-order valence-corrected chi connectivity index (χ0v) is 13.6. The van der Waals surface area contributed by atoms with Gasteiger partial charge in [0, 0.05) is 26.7 Å². The third kappa shape index (κ3) is 4.20. The Labute approximate surface area is 126 Å². The first kappa shape index (κ1) is 15.3. The van der Waals surface area contributed by atoms with Gasteiger partial charge < -0.3 is 9.80 Å². The number of aromatic nitrogens is 3. The van der Waals surface area contributed by atoms with Gasteiger partial charge in [0.25, 0.3) is 0 Å². The van der Waals surface area contributed by atoms with Crippen LogP contribution in [0.3, 0.4) is 0 Å². The molecular weight excluding hydrogens is 274 g/mol. The molecule has 2 rings (SSSR count). The van der Waals surface area contributed by atoms with Crippen LogP contribution < -0.4 is 9.80 Å². The lowest BCUT2D eigenvalue weighted by molar-refractivity contribution is 0.416. The smallest absolute Gasteiger partial charge is 0.231 e. The van der Waals surface area contributed by atoms with Crippen LogP contribution in [-0.2, 0) is 0 Å². The van der Waals surface area contributed by atoms with Crippen molar-refractivity contribution in [1.29, 1.82) is 0 Å². The van der Waals surface area contributed by atoms with Gasteiger partial charge in [-0.2, -0.15) is 15.0 Å². The summed E-state index contributed by atoms with van der Waals surface area (Å²) in [4.78, 5) is 17.4. The molecule has 1 aliphatic heterocycles. The van der Waals surface area contributed by atoms with Crippen LogP contribution in [0.15, 0.2) is 0 Å². The zero-order valence-electron chi connectivity index (χ0n) is 12.9. The van der Waals surface area contributed by atoms with Gasteiger partial charge in [-0.25, -0.2) is 0 Å². The van der Waals surface area contributed by atoms with Crippen molar-refractivity contribution in [2.45, 2.75) is 40.0 Å². The number of anilines is 2. The summed E-state index contributed by atoms with van der Waals surface area (Å²) in [5, 5.41) is 0.274. The summed E-state index contributed by atoms with van der Waals surface area (Å²) < 4.78 is 0. The number of halogens is 1. The highest BCUT2D eigenvalue weighted by Gasteiger charge is 2.19. The maximum Gasteiger partial charge on any atom is 0.231 e. The highest BCUT2D eigenvalue weighted by atomic mass is 35.5. The maximum atomic E-state index is 6.07. The minimum Gasteiger partial charge on any atom is -0.343 e. The summed E-state index contributed by atoms with van der Waals surface area (Å²) in [6, 6.07) is 0.